The predicted octanol–water partition coefficient (Wildman–Crippen LogP) is 3.06. The molecule has 1 fully saturated rings. The van der Waals surface area contributed by atoms with Crippen LogP contribution >= 0.6 is 15.9 Å². The Morgan fingerprint density at radius 1 is 1.15 bits per heavy atom. The predicted molar refractivity (Wildman–Crippen MR) is 145 cm³/mol. The van der Waals surface area contributed by atoms with Crippen molar-refractivity contribution in [3.8, 4) is 5.75 Å². The highest BCUT2D eigenvalue weighted by Gasteiger charge is 2.41. The van der Waals surface area contributed by atoms with Crippen molar-refractivity contribution in [1.29, 1.82) is 0 Å². The van der Waals surface area contributed by atoms with E-state index in [1.807, 2.05) is 30.3 Å². The number of carbonyl (C=O) groups is 3. The van der Waals surface area contributed by atoms with E-state index >= 15 is 0 Å². The van der Waals surface area contributed by atoms with E-state index < -0.39 is 18.2 Å². The van der Waals surface area contributed by atoms with Gasteiger partial charge in [0, 0.05) is 41.7 Å². The van der Waals surface area contributed by atoms with Gasteiger partial charge in [0.25, 0.3) is 5.91 Å². The van der Waals surface area contributed by atoms with Gasteiger partial charge >= 0.3 is 6.09 Å². The van der Waals surface area contributed by atoms with Crippen LogP contribution in [-0.4, -0.2) is 68.8 Å². The van der Waals surface area contributed by atoms with Crippen molar-refractivity contribution in [2.24, 2.45) is 5.16 Å². The number of phenolic OH excluding ortho intramolecular Hbond substituents is 1. The number of rotatable bonds is 7. The van der Waals surface area contributed by atoms with Crippen LogP contribution in [0.4, 0.5) is 4.79 Å². The number of aromatic nitrogens is 1. The molecule has 0 aliphatic carbocycles. The number of ether oxygens (including phenoxy) is 1. The zero-order valence-electron chi connectivity index (χ0n) is 20.7. The summed E-state index contributed by atoms with van der Waals surface area (Å²) in [6.07, 6.45) is 1.39. The highest BCUT2D eigenvalue weighted by Crippen LogP contribution is 2.22. The van der Waals surface area contributed by atoms with E-state index in [1.54, 1.807) is 6.20 Å². The van der Waals surface area contributed by atoms with Crippen molar-refractivity contribution in [3.05, 3.63) is 71.9 Å². The quantitative estimate of drug-likeness (QED) is 0.381. The summed E-state index contributed by atoms with van der Waals surface area (Å²) in [5.41, 5.74) is 1.89. The molecular formula is C27H26BrN5O6. The molecule has 3 heterocycles. The third-order valence-electron chi connectivity index (χ3n) is 6.51. The number of nitrogens with zero attached hydrogens (tertiary/aromatic N) is 3. The van der Waals surface area contributed by atoms with Gasteiger partial charge in [-0.3, -0.25) is 19.5 Å². The summed E-state index contributed by atoms with van der Waals surface area (Å²) in [5.74, 6) is -0.714. The van der Waals surface area contributed by atoms with Crippen LogP contribution in [0.2, 0.25) is 0 Å². The van der Waals surface area contributed by atoms with E-state index in [0.29, 0.717) is 22.2 Å². The molecule has 39 heavy (non-hydrogen) atoms. The Kier molecular flexibility index (Phi) is 7.92. The minimum absolute atomic E-state index is 0.0205. The van der Waals surface area contributed by atoms with Crippen molar-refractivity contribution in [3.63, 3.8) is 0 Å². The zero-order valence-corrected chi connectivity index (χ0v) is 22.3. The maximum absolute atomic E-state index is 13.2. The van der Waals surface area contributed by atoms with Gasteiger partial charge in [0.1, 0.15) is 23.0 Å². The zero-order chi connectivity index (χ0) is 27.4. The Hall–Kier alpha value is -4.19. The van der Waals surface area contributed by atoms with Crippen molar-refractivity contribution in [2.75, 3.05) is 13.1 Å². The van der Waals surface area contributed by atoms with Crippen LogP contribution in [0.25, 0.3) is 10.9 Å². The number of hydrogen-bond donors (Lipinski definition) is 3. The number of halogens is 1. The molecule has 0 unspecified atom stereocenters. The van der Waals surface area contributed by atoms with Crippen LogP contribution in [0, 0.1) is 0 Å². The minimum atomic E-state index is -0.858. The van der Waals surface area contributed by atoms with Gasteiger partial charge < -0.3 is 25.3 Å². The number of nitrogens with one attached hydrogen (secondary N) is 2. The summed E-state index contributed by atoms with van der Waals surface area (Å²) < 4.78 is 6.22. The molecule has 11 nitrogen and oxygen atoms in total. The van der Waals surface area contributed by atoms with Crippen LogP contribution in [-0.2, 0) is 21.0 Å². The molecule has 2 aromatic carbocycles. The van der Waals surface area contributed by atoms with E-state index in [4.69, 9.17) is 9.57 Å². The highest BCUT2D eigenvalue weighted by atomic mass is 79.9. The van der Waals surface area contributed by atoms with Gasteiger partial charge in [0.15, 0.2) is 6.10 Å². The Morgan fingerprint density at radius 3 is 2.72 bits per heavy atom. The lowest BCUT2D eigenvalue weighted by atomic mass is 10.1. The lowest BCUT2D eigenvalue weighted by Gasteiger charge is -2.23. The van der Waals surface area contributed by atoms with Crippen LogP contribution in [0.5, 0.6) is 5.75 Å². The van der Waals surface area contributed by atoms with Gasteiger partial charge in [-0.2, -0.15) is 0 Å². The second-order valence-electron chi connectivity index (χ2n) is 9.36. The molecule has 0 spiro atoms. The minimum Gasteiger partial charge on any atom is -0.508 e. The summed E-state index contributed by atoms with van der Waals surface area (Å²) in [6, 6.07) is 14.0. The first-order valence-electron chi connectivity index (χ1n) is 12.4. The molecule has 3 N–H and O–H groups in total. The standard InChI is InChI=1S/C27H26BrN5O6/c28-24-11-21(39-32-24)13-30-26(36)23-10-19(31-25(35)17-5-7-20(34)8-6-17)14-33(23)27(37)38-15-16-9-18-3-1-2-4-22(18)29-12-16/h1-9,12,19,21,23,34H,10-11,13-15H2,(H,30,36)(H,31,35)/t19-,21+,23+/m1/s1. The Balaban J connectivity index is 1.25. The smallest absolute Gasteiger partial charge is 0.410 e. The number of oxime groups is 1. The van der Waals surface area contributed by atoms with E-state index in [-0.39, 0.29) is 49.8 Å². The topological polar surface area (TPSA) is 142 Å². The number of hydrogen-bond acceptors (Lipinski definition) is 8. The third-order valence-corrected chi connectivity index (χ3v) is 6.98. The van der Waals surface area contributed by atoms with Crippen molar-refractivity contribution < 1.29 is 29.1 Å². The first-order chi connectivity index (χ1) is 18.9. The normalized spacial score (nSPS) is 20.3. The molecule has 3 atom stereocenters. The summed E-state index contributed by atoms with van der Waals surface area (Å²) in [4.78, 5) is 50.0. The van der Waals surface area contributed by atoms with Gasteiger partial charge in [0.2, 0.25) is 5.91 Å². The Morgan fingerprint density at radius 2 is 1.95 bits per heavy atom. The number of amides is 3. The van der Waals surface area contributed by atoms with E-state index in [1.165, 1.54) is 29.2 Å². The maximum atomic E-state index is 13.2. The number of fused-ring (bicyclic) bond motifs is 1. The average molecular weight is 596 g/mol. The lowest BCUT2D eigenvalue weighted by Crippen LogP contribution is -2.47. The molecule has 1 saturated heterocycles. The maximum Gasteiger partial charge on any atom is 0.410 e. The van der Waals surface area contributed by atoms with E-state index in [2.05, 4.69) is 36.7 Å². The molecule has 12 heteroatoms. The fourth-order valence-corrected chi connectivity index (χ4v) is 4.98. The summed E-state index contributed by atoms with van der Waals surface area (Å²) in [7, 11) is 0. The average Bonchev–Trinajstić information content (AvgIpc) is 3.56. The molecule has 2 aliphatic rings. The van der Waals surface area contributed by atoms with Crippen LogP contribution in [0.1, 0.15) is 28.8 Å². The second kappa shape index (κ2) is 11.7. The SMILES string of the molecule is O=C(N[C@@H]1C[C@@H](C(=O)NC[C@@H]2CC(Br)=NO2)N(C(=O)OCc2cnc3ccccc3c2)C1)c1ccc(O)cc1. The number of phenols is 1. The number of likely N-dealkylation sites (tertiary alicyclic amines) is 1. The molecule has 1 aromatic heterocycles. The number of benzene rings is 2. The monoisotopic (exact) mass is 595 g/mol. The molecular weight excluding hydrogens is 570 g/mol. The highest BCUT2D eigenvalue weighted by molar-refractivity contribution is 9.18. The number of pyridine rings is 1. The summed E-state index contributed by atoms with van der Waals surface area (Å²) in [5, 5.41) is 19.9. The van der Waals surface area contributed by atoms with Gasteiger partial charge in [-0.25, -0.2) is 4.79 Å². The third kappa shape index (κ3) is 6.45. The number of carbonyl (C=O) groups excluding carboxylic acids is 3. The van der Waals surface area contributed by atoms with Crippen molar-refractivity contribution in [2.45, 2.75) is 37.6 Å². The fourth-order valence-electron chi connectivity index (χ4n) is 4.53. The van der Waals surface area contributed by atoms with Crippen LogP contribution in [0.15, 0.2) is 65.9 Å². The summed E-state index contributed by atoms with van der Waals surface area (Å²) >= 11 is 3.27. The van der Waals surface area contributed by atoms with Gasteiger partial charge in [-0.1, -0.05) is 23.4 Å². The molecule has 2 aliphatic heterocycles. The first kappa shape index (κ1) is 26.4. The number of aromatic hydroxyl groups is 1. The van der Waals surface area contributed by atoms with Crippen LogP contribution in [0.3, 0.4) is 0 Å². The fraction of sp³-hybridized carbons (Fsp3) is 0.296. The molecule has 0 radical (unpaired) electrons. The molecule has 202 valence electrons. The largest absolute Gasteiger partial charge is 0.508 e. The van der Waals surface area contributed by atoms with Crippen molar-refractivity contribution in [1.82, 2.24) is 20.5 Å². The lowest BCUT2D eigenvalue weighted by molar-refractivity contribution is -0.125. The Bertz CT molecular complexity index is 1420. The second-order valence-corrected chi connectivity index (χ2v) is 10.3. The Labute approximate surface area is 232 Å². The van der Waals surface area contributed by atoms with Gasteiger partial charge in [-0.15, -0.1) is 0 Å². The van der Waals surface area contributed by atoms with E-state index in [0.717, 1.165) is 10.9 Å². The van der Waals surface area contributed by atoms with E-state index in [9.17, 15) is 19.5 Å². The van der Waals surface area contributed by atoms with Gasteiger partial charge in [0.05, 0.1) is 12.1 Å². The van der Waals surface area contributed by atoms with Crippen LogP contribution < -0.4 is 10.6 Å². The molecule has 5 rings (SSSR count). The molecule has 3 aromatic rings. The first-order valence-corrected chi connectivity index (χ1v) is 13.2. The van der Waals surface area contributed by atoms with Gasteiger partial charge in [-0.05, 0) is 58.7 Å². The molecule has 0 saturated carbocycles. The molecule has 0 bridgehead atoms. The number of para-hydroxylation sites is 1. The molecule has 3 amide bonds. The van der Waals surface area contributed by atoms with Crippen molar-refractivity contribution >= 4 is 49.4 Å². The summed E-state index contributed by atoms with van der Waals surface area (Å²) in [6.45, 7) is 0.280.